The number of sulfonamides is 1. The molecule has 0 amide bonds. The molecule has 1 aromatic carbocycles. The average Bonchev–Trinajstić information content (AvgIpc) is 2.37. The summed E-state index contributed by atoms with van der Waals surface area (Å²) in [6.07, 6.45) is 4.26. The largest absolute Gasteiger partial charge is 0.330 e. The molecule has 0 radical (unpaired) electrons. The van der Waals surface area contributed by atoms with Gasteiger partial charge >= 0.3 is 0 Å². The van der Waals surface area contributed by atoms with Crippen LogP contribution >= 0.6 is 0 Å². The summed E-state index contributed by atoms with van der Waals surface area (Å²) in [5, 5.41) is 8.39. The van der Waals surface area contributed by atoms with Crippen molar-refractivity contribution in [3.05, 3.63) is 29.8 Å². The number of primary sulfonamides is 1. The average molecular weight is 285 g/mol. The Morgan fingerprint density at radius 1 is 1.00 bits per heavy atom. The van der Waals surface area contributed by atoms with E-state index in [1.807, 2.05) is 0 Å². The van der Waals surface area contributed by atoms with Gasteiger partial charge < -0.3 is 11.1 Å². The molecule has 108 valence electrons. The summed E-state index contributed by atoms with van der Waals surface area (Å²) in [4.78, 5) is 0.158. The zero-order valence-electron chi connectivity index (χ0n) is 11.1. The van der Waals surface area contributed by atoms with Gasteiger partial charge in [0.05, 0.1) is 4.90 Å². The van der Waals surface area contributed by atoms with Gasteiger partial charge in [0.15, 0.2) is 0 Å². The predicted octanol–water partition coefficient (Wildman–Crippen LogP) is 0.595. The highest BCUT2D eigenvalue weighted by atomic mass is 32.2. The summed E-state index contributed by atoms with van der Waals surface area (Å²) < 4.78 is 22.2. The maximum absolute atomic E-state index is 11.1. The molecule has 0 saturated heterocycles. The smallest absolute Gasteiger partial charge is 0.238 e. The number of hydrogen-bond donors (Lipinski definition) is 3. The summed E-state index contributed by atoms with van der Waals surface area (Å²) in [6, 6.07) is 6.70. The van der Waals surface area contributed by atoms with Gasteiger partial charge in [-0.25, -0.2) is 13.6 Å². The highest BCUT2D eigenvalue weighted by Crippen LogP contribution is 2.08. The van der Waals surface area contributed by atoms with Gasteiger partial charge in [-0.3, -0.25) is 0 Å². The lowest BCUT2D eigenvalue weighted by Crippen LogP contribution is -2.18. The molecule has 5 nitrogen and oxygen atoms in total. The molecule has 6 heteroatoms. The van der Waals surface area contributed by atoms with E-state index in [0.29, 0.717) is 0 Å². The van der Waals surface area contributed by atoms with Gasteiger partial charge in [0, 0.05) is 0 Å². The van der Waals surface area contributed by atoms with Crippen molar-refractivity contribution in [3.63, 3.8) is 0 Å². The van der Waals surface area contributed by atoms with Crippen LogP contribution in [-0.4, -0.2) is 28.1 Å². The number of nitrogens with two attached hydrogens (primary N) is 2. The van der Waals surface area contributed by atoms with Crippen LogP contribution in [0.15, 0.2) is 29.2 Å². The molecule has 1 rings (SSSR count). The maximum atomic E-state index is 11.1. The van der Waals surface area contributed by atoms with Gasteiger partial charge in [-0.1, -0.05) is 18.6 Å². The molecular formula is C13H23N3O2S. The van der Waals surface area contributed by atoms with E-state index in [1.54, 1.807) is 24.3 Å². The minimum atomic E-state index is -3.58. The number of rotatable bonds is 9. The van der Waals surface area contributed by atoms with Gasteiger partial charge in [-0.05, 0) is 56.6 Å². The molecule has 0 atom stereocenters. The Morgan fingerprint density at radius 2 is 1.68 bits per heavy atom. The Balaban J connectivity index is 2.23. The number of hydrogen-bond acceptors (Lipinski definition) is 4. The summed E-state index contributed by atoms with van der Waals surface area (Å²) in [7, 11) is -3.58. The lowest BCUT2D eigenvalue weighted by molar-refractivity contribution is 0.597. The van der Waals surface area contributed by atoms with Crippen LogP contribution in [-0.2, 0) is 16.4 Å². The fourth-order valence-electron chi connectivity index (χ4n) is 1.77. The van der Waals surface area contributed by atoms with Crippen LogP contribution in [0.1, 0.15) is 24.8 Å². The molecule has 0 aliphatic heterocycles. The summed E-state index contributed by atoms with van der Waals surface area (Å²) in [5.74, 6) is 0. The van der Waals surface area contributed by atoms with Crippen molar-refractivity contribution < 1.29 is 8.42 Å². The molecule has 1 aromatic rings. The fraction of sp³-hybridized carbons (Fsp3) is 0.538. The summed E-state index contributed by atoms with van der Waals surface area (Å²) in [5.41, 5.74) is 6.51. The third kappa shape index (κ3) is 6.68. The monoisotopic (exact) mass is 285 g/mol. The van der Waals surface area contributed by atoms with Crippen molar-refractivity contribution in [3.8, 4) is 0 Å². The highest BCUT2D eigenvalue weighted by molar-refractivity contribution is 7.89. The first kappa shape index (κ1) is 16.1. The van der Waals surface area contributed by atoms with E-state index < -0.39 is 10.0 Å². The van der Waals surface area contributed by atoms with Crippen LogP contribution in [0, 0.1) is 0 Å². The molecule has 0 unspecified atom stereocenters. The Morgan fingerprint density at radius 3 is 2.26 bits per heavy atom. The molecule has 0 fully saturated rings. The number of unbranched alkanes of at least 4 members (excludes halogenated alkanes) is 2. The van der Waals surface area contributed by atoms with Crippen LogP contribution < -0.4 is 16.2 Å². The number of nitrogens with one attached hydrogen (secondary N) is 1. The first-order valence-electron chi connectivity index (χ1n) is 6.56. The van der Waals surface area contributed by atoms with E-state index in [0.717, 1.165) is 50.9 Å². The summed E-state index contributed by atoms with van der Waals surface area (Å²) >= 11 is 0. The van der Waals surface area contributed by atoms with E-state index in [9.17, 15) is 8.42 Å². The van der Waals surface area contributed by atoms with Crippen molar-refractivity contribution in [1.29, 1.82) is 0 Å². The highest BCUT2D eigenvalue weighted by Gasteiger charge is 2.06. The second kappa shape index (κ2) is 8.27. The van der Waals surface area contributed by atoms with Crippen molar-refractivity contribution >= 4 is 10.0 Å². The lowest BCUT2D eigenvalue weighted by atomic mass is 10.1. The van der Waals surface area contributed by atoms with Crippen LogP contribution in [0.25, 0.3) is 0 Å². The van der Waals surface area contributed by atoms with Crippen LogP contribution in [0.4, 0.5) is 0 Å². The minimum absolute atomic E-state index is 0.158. The zero-order valence-corrected chi connectivity index (χ0v) is 12.0. The molecule has 0 aliphatic rings. The first-order valence-corrected chi connectivity index (χ1v) is 8.11. The summed E-state index contributed by atoms with van der Waals surface area (Å²) in [6.45, 7) is 2.64. The van der Waals surface area contributed by atoms with Crippen molar-refractivity contribution in [2.75, 3.05) is 19.6 Å². The molecule has 5 N–H and O–H groups in total. The fourth-order valence-corrected chi connectivity index (χ4v) is 2.29. The second-order valence-corrected chi connectivity index (χ2v) is 6.10. The van der Waals surface area contributed by atoms with Crippen molar-refractivity contribution in [2.45, 2.75) is 30.6 Å². The Labute approximate surface area is 115 Å². The quantitative estimate of drug-likeness (QED) is 0.578. The van der Waals surface area contributed by atoms with Crippen LogP contribution in [0.2, 0.25) is 0 Å². The van der Waals surface area contributed by atoms with Gasteiger partial charge in [-0.2, -0.15) is 0 Å². The molecule has 0 aliphatic carbocycles. The predicted molar refractivity (Wildman–Crippen MR) is 77.3 cm³/mol. The molecular weight excluding hydrogens is 262 g/mol. The normalized spacial score (nSPS) is 11.7. The van der Waals surface area contributed by atoms with Gasteiger partial charge in [0.2, 0.25) is 10.0 Å². The van der Waals surface area contributed by atoms with E-state index in [2.05, 4.69) is 5.32 Å². The van der Waals surface area contributed by atoms with E-state index in [1.165, 1.54) is 0 Å². The topological polar surface area (TPSA) is 98.2 Å². The van der Waals surface area contributed by atoms with Gasteiger partial charge in [0.25, 0.3) is 0 Å². The standard InChI is InChI=1S/C13H23N3O2S/c14-9-2-1-3-10-16-11-8-12-4-6-13(7-5-12)19(15,17)18/h4-7,16H,1-3,8-11,14H2,(H2,15,17,18). The first-order chi connectivity index (χ1) is 9.04. The minimum Gasteiger partial charge on any atom is -0.330 e. The Hall–Kier alpha value is -0.950. The Bertz CT molecular complexity index is 457. The molecule has 0 heterocycles. The van der Waals surface area contributed by atoms with E-state index >= 15 is 0 Å². The van der Waals surface area contributed by atoms with Gasteiger partial charge in [-0.15, -0.1) is 0 Å². The third-order valence-corrected chi connectivity index (χ3v) is 3.83. The second-order valence-electron chi connectivity index (χ2n) is 4.54. The molecule has 0 bridgehead atoms. The molecule has 0 spiro atoms. The van der Waals surface area contributed by atoms with E-state index in [-0.39, 0.29) is 4.90 Å². The molecule has 0 aromatic heterocycles. The zero-order chi connectivity index (χ0) is 14.1. The number of benzene rings is 1. The third-order valence-electron chi connectivity index (χ3n) is 2.90. The van der Waals surface area contributed by atoms with E-state index in [4.69, 9.17) is 10.9 Å². The van der Waals surface area contributed by atoms with Crippen LogP contribution in [0.5, 0.6) is 0 Å². The SMILES string of the molecule is NCCCCCNCCc1ccc(S(N)(=O)=O)cc1. The molecule has 19 heavy (non-hydrogen) atoms. The maximum Gasteiger partial charge on any atom is 0.238 e. The lowest BCUT2D eigenvalue weighted by Gasteiger charge is -2.05. The van der Waals surface area contributed by atoms with Crippen LogP contribution in [0.3, 0.4) is 0 Å². The molecule has 0 saturated carbocycles. The van der Waals surface area contributed by atoms with Crippen molar-refractivity contribution in [1.82, 2.24) is 5.32 Å². The Kier molecular flexibility index (Phi) is 7.01. The van der Waals surface area contributed by atoms with Gasteiger partial charge in [0.1, 0.15) is 0 Å². The van der Waals surface area contributed by atoms with Crippen molar-refractivity contribution in [2.24, 2.45) is 10.9 Å².